The van der Waals surface area contributed by atoms with Gasteiger partial charge in [0.15, 0.2) is 0 Å². The molecule has 0 aromatic carbocycles. The summed E-state index contributed by atoms with van der Waals surface area (Å²) in [6.45, 7) is 10.0. The van der Waals surface area contributed by atoms with E-state index in [0.29, 0.717) is 6.04 Å². The Balaban J connectivity index is 2.05. The Kier molecular flexibility index (Phi) is 5.44. The van der Waals surface area contributed by atoms with Gasteiger partial charge in [0.1, 0.15) is 0 Å². The minimum absolute atomic E-state index is 0.0260. The van der Waals surface area contributed by atoms with Crippen LogP contribution in [0.2, 0.25) is 0 Å². The Bertz CT molecular complexity index is 427. The summed E-state index contributed by atoms with van der Waals surface area (Å²) in [6, 6.07) is 0.617. The minimum Gasteiger partial charge on any atom is -0.392 e. The molecular weight excluding hydrogens is 262 g/mol. The summed E-state index contributed by atoms with van der Waals surface area (Å²) in [7, 11) is 0. The lowest BCUT2D eigenvalue weighted by Gasteiger charge is -2.34. The van der Waals surface area contributed by atoms with E-state index >= 15 is 0 Å². The molecule has 0 spiro atoms. The first-order valence-corrected chi connectivity index (χ1v) is 8.32. The summed E-state index contributed by atoms with van der Waals surface area (Å²) in [5.41, 5.74) is 1.27. The highest BCUT2D eigenvalue weighted by Crippen LogP contribution is 2.24. The highest BCUT2D eigenvalue weighted by Gasteiger charge is 2.23. The van der Waals surface area contributed by atoms with Gasteiger partial charge in [-0.15, -0.1) is 0 Å². The molecule has 21 heavy (non-hydrogen) atoms. The van der Waals surface area contributed by atoms with Gasteiger partial charge in [-0.25, -0.2) is 0 Å². The van der Waals surface area contributed by atoms with Crippen LogP contribution in [0.4, 0.5) is 0 Å². The van der Waals surface area contributed by atoms with Crippen LogP contribution in [0.25, 0.3) is 0 Å². The fourth-order valence-electron chi connectivity index (χ4n) is 3.17. The summed E-state index contributed by atoms with van der Waals surface area (Å²) < 4.78 is 2.03. The molecule has 2 rings (SSSR count). The average Bonchev–Trinajstić information content (AvgIpc) is 2.87. The van der Waals surface area contributed by atoms with Crippen LogP contribution in [0.1, 0.15) is 65.4 Å². The Morgan fingerprint density at radius 1 is 1.33 bits per heavy atom. The molecule has 0 amide bonds. The summed E-state index contributed by atoms with van der Waals surface area (Å²) in [5, 5.41) is 14.3. The van der Waals surface area contributed by atoms with Gasteiger partial charge in [-0.1, -0.05) is 19.3 Å². The van der Waals surface area contributed by atoms with Crippen LogP contribution < -0.4 is 0 Å². The molecule has 0 radical (unpaired) electrons. The summed E-state index contributed by atoms with van der Waals surface area (Å²) in [5.74, 6) is 0. The molecule has 1 saturated carbocycles. The normalized spacial score (nSPS) is 19.1. The Morgan fingerprint density at radius 3 is 2.52 bits per heavy atom. The number of aliphatic hydroxyl groups is 1. The van der Waals surface area contributed by atoms with Crippen molar-refractivity contribution in [3.8, 4) is 0 Å². The van der Waals surface area contributed by atoms with Crippen LogP contribution in [-0.4, -0.2) is 38.5 Å². The van der Waals surface area contributed by atoms with E-state index in [-0.39, 0.29) is 11.6 Å². The molecule has 1 aliphatic carbocycles. The lowest BCUT2D eigenvalue weighted by atomic mass is 9.93. The van der Waals surface area contributed by atoms with Crippen LogP contribution in [0.5, 0.6) is 0 Å². The molecule has 1 unspecified atom stereocenters. The fraction of sp³-hybridized carbons (Fsp3) is 0.824. The molecule has 4 heteroatoms. The first-order chi connectivity index (χ1) is 9.86. The van der Waals surface area contributed by atoms with Crippen molar-refractivity contribution in [3.05, 3.63) is 18.0 Å². The second-order valence-electron chi connectivity index (χ2n) is 7.53. The van der Waals surface area contributed by atoms with Crippen molar-refractivity contribution in [2.24, 2.45) is 0 Å². The van der Waals surface area contributed by atoms with Gasteiger partial charge in [-0.3, -0.25) is 9.58 Å². The maximum atomic E-state index is 9.80. The number of hydrogen-bond donors (Lipinski definition) is 1. The van der Waals surface area contributed by atoms with Gasteiger partial charge >= 0.3 is 0 Å². The van der Waals surface area contributed by atoms with Gasteiger partial charge in [0, 0.05) is 30.9 Å². The Hall–Kier alpha value is -0.870. The van der Waals surface area contributed by atoms with E-state index in [1.807, 2.05) is 17.8 Å². The zero-order valence-electron chi connectivity index (χ0n) is 14.0. The van der Waals surface area contributed by atoms with Crippen LogP contribution in [0.3, 0.4) is 0 Å². The summed E-state index contributed by atoms with van der Waals surface area (Å²) in [4.78, 5) is 2.45. The zero-order chi connectivity index (χ0) is 15.5. The van der Waals surface area contributed by atoms with Crippen molar-refractivity contribution in [2.75, 3.05) is 6.54 Å². The predicted octanol–water partition coefficient (Wildman–Crippen LogP) is 3.15. The van der Waals surface area contributed by atoms with Crippen molar-refractivity contribution >= 4 is 0 Å². The maximum Gasteiger partial charge on any atom is 0.0639 e. The molecule has 1 aromatic rings. The smallest absolute Gasteiger partial charge is 0.0639 e. The molecule has 1 fully saturated rings. The number of aromatic nitrogens is 2. The van der Waals surface area contributed by atoms with E-state index in [1.165, 1.54) is 37.7 Å². The van der Waals surface area contributed by atoms with E-state index in [4.69, 9.17) is 0 Å². The SMILES string of the molecule is CC(O)CN(Cc1cnn(C(C)(C)C)c1)C1CCCCC1. The van der Waals surface area contributed by atoms with Crippen LogP contribution in [0.15, 0.2) is 12.4 Å². The largest absolute Gasteiger partial charge is 0.392 e. The highest BCUT2D eigenvalue weighted by molar-refractivity contribution is 5.05. The third-order valence-electron chi connectivity index (χ3n) is 4.30. The number of rotatable bonds is 5. The van der Waals surface area contributed by atoms with Gasteiger partial charge in [0.05, 0.1) is 17.8 Å². The van der Waals surface area contributed by atoms with Gasteiger partial charge in [-0.2, -0.15) is 5.10 Å². The molecule has 0 aliphatic heterocycles. The topological polar surface area (TPSA) is 41.3 Å². The molecular formula is C17H31N3O. The van der Waals surface area contributed by atoms with Gasteiger partial charge in [0.25, 0.3) is 0 Å². The lowest BCUT2D eigenvalue weighted by Crippen LogP contribution is -2.40. The molecule has 0 saturated heterocycles. The van der Waals surface area contributed by atoms with Crippen molar-refractivity contribution in [1.82, 2.24) is 14.7 Å². The highest BCUT2D eigenvalue weighted by atomic mass is 16.3. The van der Waals surface area contributed by atoms with E-state index in [2.05, 4.69) is 37.0 Å². The van der Waals surface area contributed by atoms with Crippen molar-refractivity contribution in [1.29, 1.82) is 0 Å². The number of aliphatic hydroxyl groups excluding tert-OH is 1. The first-order valence-electron chi connectivity index (χ1n) is 8.32. The quantitative estimate of drug-likeness (QED) is 0.906. The number of hydrogen-bond acceptors (Lipinski definition) is 3. The maximum absolute atomic E-state index is 9.80. The van der Waals surface area contributed by atoms with Crippen molar-refractivity contribution < 1.29 is 5.11 Å². The van der Waals surface area contributed by atoms with Gasteiger partial charge in [-0.05, 0) is 40.5 Å². The summed E-state index contributed by atoms with van der Waals surface area (Å²) in [6.07, 6.45) is 10.4. The van der Waals surface area contributed by atoms with Crippen LogP contribution in [-0.2, 0) is 12.1 Å². The van der Waals surface area contributed by atoms with E-state index in [1.54, 1.807) is 0 Å². The fourth-order valence-corrected chi connectivity index (χ4v) is 3.17. The second-order valence-corrected chi connectivity index (χ2v) is 7.53. The first kappa shape index (κ1) is 16.5. The van der Waals surface area contributed by atoms with Crippen molar-refractivity contribution in [3.63, 3.8) is 0 Å². The van der Waals surface area contributed by atoms with Gasteiger partial charge in [0.2, 0.25) is 0 Å². The minimum atomic E-state index is -0.274. The number of nitrogens with zero attached hydrogens (tertiary/aromatic N) is 3. The summed E-state index contributed by atoms with van der Waals surface area (Å²) >= 11 is 0. The Labute approximate surface area is 129 Å². The molecule has 0 bridgehead atoms. The lowest BCUT2D eigenvalue weighted by molar-refractivity contribution is 0.0768. The molecule has 1 N–H and O–H groups in total. The molecule has 1 atom stereocenters. The third kappa shape index (κ3) is 4.82. The van der Waals surface area contributed by atoms with E-state index in [0.717, 1.165) is 13.1 Å². The van der Waals surface area contributed by atoms with E-state index in [9.17, 15) is 5.11 Å². The zero-order valence-corrected chi connectivity index (χ0v) is 14.0. The molecule has 120 valence electrons. The van der Waals surface area contributed by atoms with Gasteiger partial charge < -0.3 is 5.11 Å². The molecule has 1 heterocycles. The molecule has 1 aromatic heterocycles. The standard InChI is InChI=1S/C17H31N3O/c1-14(21)11-19(16-8-6-5-7-9-16)12-15-10-18-20(13-15)17(2,3)4/h10,13-14,16,21H,5-9,11-12H2,1-4H3. The second kappa shape index (κ2) is 6.93. The van der Waals surface area contributed by atoms with Crippen molar-refractivity contribution in [2.45, 2.75) is 84.0 Å². The molecule has 1 aliphatic rings. The predicted molar refractivity (Wildman–Crippen MR) is 86.2 cm³/mol. The van der Waals surface area contributed by atoms with Crippen LogP contribution in [0, 0.1) is 0 Å². The Morgan fingerprint density at radius 2 is 2.00 bits per heavy atom. The monoisotopic (exact) mass is 293 g/mol. The van der Waals surface area contributed by atoms with E-state index < -0.39 is 0 Å². The molecule has 4 nitrogen and oxygen atoms in total. The third-order valence-corrected chi connectivity index (χ3v) is 4.30. The van der Waals surface area contributed by atoms with Crippen LogP contribution >= 0.6 is 0 Å². The average molecular weight is 293 g/mol.